The predicted molar refractivity (Wildman–Crippen MR) is 134 cm³/mol. The molecule has 2 aliphatic rings. The molecule has 0 unspecified atom stereocenters. The second-order valence-corrected chi connectivity index (χ2v) is 9.84. The van der Waals surface area contributed by atoms with Gasteiger partial charge in [0.05, 0.1) is 4.91 Å². The smallest absolute Gasteiger partial charge is 0.266 e. The minimum absolute atomic E-state index is 0.0332. The van der Waals surface area contributed by atoms with Crippen LogP contribution in [-0.4, -0.2) is 33.7 Å². The molecule has 32 heavy (non-hydrogen) atoms. The van der Waals surface area contributed by atoms with E-state index in [1.807, 2.05) is 56.3 Å². The van der Waals surface area contributed by atoms with Crippen molar-refractivity contribution in [2.75, 3.05) is 11.9 Å². The Morgan fingerprint density at radius 2 is 1.94 bits per heavy atom. The number of hydrogen-bond acceptors (Lipinski definition) is 5. The first kappa shape index (κ1) is 22.6. The summed E-state index contributed by atoms with van der Waals surface area (Å²) < 4.78 is 6.42. The fourth-order valence-corrected chi connectivity index (χ4v) is 5.38. The number of carbonyl (C=O) groups excluding carboxylic acids is 2. The topological polar surface area (TPSA) is 58.6 Å². The van der Waals surface area contributed by atoms with Crippen LogP contribution in [0.2, 0.25) is 0 Å². The molecule has 1 saturated carbocycles. The number of amides is 2. The largest absolute Gasteiger partial charge is 0.483 e. The molecule has 2 aromatic rings. The number of hydrogen-bond donors (Lipinski definition) is 1. The van der Waals surface area contributed by atoms with E-state index in [1.165, 1.54) is 17.3 Å². The van der Waals surface area contributed by atoms with Crippen LogP contribution in [0.25, 0.3) is 6.08 Å². The van der Waals surface area contributed by atoms with Gasteiger partial charge in [-0.3, -0.25) is 14.5 Å². The molecule has 2 fully saturated rings. The van der Waals surface area contributed by atoms with Gasteiger partial charge in [0.25, 0.3) is 11.8 Å². The molecule has 0 atom stereocenters. The van der Waals surface area contributed by atoms with Crippen LogP contribution in [0.4, 0.5) is 5.69 Å². The SMILES string of the molecule is Cc1ccc(NC(=O)COc2ccccc2C=C2SC(=S)N(C3CCCC3)C2=O)cc1C. The molecular formula is C25H26N2O3S2. The van der Waals surface area contributed by atoms with Crippen LogP contribution in [0.1, 0.15) is 42.4 Å². The second-order valence-electron chi connectivity index (χ2n) is 8.16. The summed E-state index contributed by atoms with van der Waals surface area (Å²) in [4.78, 5) is 27.7. The molecule has 1 aliphatic carbocycles. The second kappa shape index (κ2) is 9.88. The summed E-state index contributed by atoms with van der Waals surface area (Å²) in [6.45, 7) is 3.91. The first-order chi connectivity index (χ1) is 15.4. The third-order valence-corrected chi connectivity index (χ3v) is 7.20. The van der Waals surface area contributed by atoms with Crippen molar-refractivity contribution in [3.8, 4) is 5.75 Å². The third kappa shape index (κ3) is 5.05. The number of rotatable bonds is 6. The molecule has 2 amide bonds. The van der Waals surface area contributed by atoms with E-state index >= 15 is 0 Å². The third-order valence-electron chi connectivity index (χ3n) is 5.87. The average Bonchev–Trinajstić information content (AvgIpc) is 3.38. The van der Waals surface area contributed by atoms with E-state index in [2.05, 4.69) is 5.32 Å². The van der Waals surface area contributed by atoms with Gasteiger partial charge in [0.2, 0.25) is 0 Å². The Bertz CT molecular complexity index is 1090. The highest BCUT2D eigenvalue weighted by atomic mass is 32.2. The zero-order valence-electron chi connectivity index (χ0n) is 18.2. The Labute approximate surface area is 198 Å². The molecular weight excluding hydrogens is 440 g/mol. The van der Waals surface area contributed by atoms with Crippen molar-refractivity contribution in [3.05, 3.63) is 64.1 Å². The maximum absolute atomic E-state index is 13.0. The van der Waals surface area contributed by atoms with E-state index < -0.39 is 0 Å². The van der Waals surface area contributed by atoms with Crippen LogP contribution < -0.4 is 10.1 Å². The summed E-state index contributed by atoms with van der Waals surface area (Å²) >= 11 is 6.82. The van der Waals surface area contributed by atoms with Gasteiger partial charge >= 0.3 is 0 Å². The molecule has 1 saturated heterocycles. The number of anilines is 1. The molecule has 7 heteroatoms. The van der Waals surface area contributed by atoms with Crippen molar-refractivity contribution in [2.24, 2.45) is 0 Å². The fraction of sp³-hybridized carbons (Fsp3) is 0.320. The van der Waals surface area contributed by atoms with Gasteiger partial charge in [0, 0.05) is 17.3 Å². The summed E-state index contributed by atoms with van der Waals surface area (Å²) in [5, 5.41) is 2.86. The minimum Gasteiger partial charge on any atom is -0.483 e. The van der Waals surface area contributed by atoms with Crippen LogP contribution in [0.5, 0.6) is 5.75 Å². The Morgan fingerprint density at radius 3 is 2.69 bits per heavy atom. The highest BCUT2D eigenvalue weighted by Gasteiger charge is 2.38. The highest BCUT2D eigenvalue weighted by Crippen LogP contribution is 2.38. The summed E-state index contributed by atoms with van der Waals surface area (Å²) in [5.41, 5.74) is 3.78. The normalized spacial score (nSPS) is 17.9. The lowest BCUT2D eigenvalue weighted by atomic mass is 10.1. The molecule has 0 radical (unpaired) electrons. The summed E-state index contributed by atoms with van der Waals surface area (Å²) in [6, 6.07) is 13.4. The molecule has 0 bridgehead atoms. The average molecular weight is 467 g/mol. The van der Waals surface area contributed by atoms with Gasteiger partial charge in [-0.2, -0.15) is 0 Å². The molecule has 0 spiro atoms. The van der Waals surface area contributed by atoms with Crippen molar-refractivity contribution < 1.29 is 14.3 Å². The van der Waals surface area contributed by atoms with E-state index in [4.69, 9.17) is 17.0 Å². The number of thiocarbonyl (C=S) groups is 1. The number of carbonyl (C=O) groups is 2. The zero-order chi connectivity index (χ0) is 22.7. The lowest BCUT2D eigenvalue weighted by Gasteiger charge is -2.21. The summed E-state index contributed by atoms with van der Waals surface area (Å²) in [6.07, 6.45) is 6.11. The van der Waals surface area contributed by atoms with Crippen LogP contribution >= 0.6 is 24.0 Å². The number of benzene rings is 2. The first-order valence-corrected chi connectivity index (χ1v) is 12.0. The molecule has 2 aromatic carbocycles. The quantitative estimate of drug-likeness (QED) is 0.452. The van der Waals surface area contributed by atoms with Gasteiger partial charge < -0.3 is 10.1 Å². The molecule has 1 heterocycles. The minimum atomic E-state index is -0.240. The van der Waals surface area contributed by atoms with Crippen LogP contribution in [0.15, 0.2) is 47.4 Å². The van der Waals surface area contributed by atoms with Gasteiger partial charge in [-0.05, 0) is 62.1 Å². The number of thioether (sulfide) groups is 1. The Hall–Kier alpha value is -2.64. The van der Waals surface area contributed by atoms with Gasteiger partial charge in [0.15, 0.2) is 6.61 Å². The highest BCUT2D eigenvalue weighted by molar-refractivity contribution is 8.26. The monoisotopic (exact) mass is 466 g/mol. The standard InChI is InChI=1S/C25H26N2O3S2/c1-16-11-12-19(13-17(16)2)26-23(28)15-30-21-10-6-3-7-18(21)14-22-24(29)27(25(31)32-22)20-8-4-5-9-20/h3,6-7,10-14,20H,4-5,8-9,15H2,1-2H3,(H,26,28). The van der Waals surface area contributed by atoms with Crippen molar-refractivity contribution in [2.45, 2.75) is 45.6 Å². The van der Waals surface area contributed by atoms with E-state index in [0.29, 0.717) is 15.0 Å². The van der Waals surface area contributed by atoms with Gasteiger partial charge in [-0.1, -0.05) is 61.1 Å². The van der Waals surface area contributed by atoms with Gasteiger partial charge in [-0.15, -0.1) is 0 Å². The van der Waals surface area contributed by atoms with E-state index in [0.717, 1.165) is 42.5 Å². The lowest BCUT2D eigenvalue weighted by molar-refractivity contribution is -0.123. The number of ether oxygens (including phenoxy) is 1. The van der Waals surface area contributed by atoms with Gasteiger partial charge in [0.1, 0.15) is 10.1 Å². The summed E-state index contributed by atoms with van der Waals surface area (Å²) in [7, 11) is 0. The van der Waals surface area contributed by atoms with Crippen LogP contribution in [0, 0.1) is 13.8 Å². The van der Waals surface area contributed by atoms with E-state index in [1.54, 1.807) is 11.0 Å². The van der Waals surface area contributed by atoms with E-state index in [9.17, 15) is 9.59 Å². The first-order valence-electron chi connectivity index (χ1n) is 10.8. The van der Waals surface area contributed by atoms with Crippen LogP contribution in [-0.2, 0) is 9.59 Å². The molecule has 166 valence electrons. The van der Waals surface area contributed by atoms with Crippen molar-refractivity contribution in [1.29, 1.82) is 0 Å². The summed E-state index contributed by atoms with van der Waals surface area (Å²) in [5.74, 6) is 0.277. The molecule has 4 rings (SSSR count). The van der Waals surface area contributed by atoms with Gasteiger partial charge in [-0.25, -0.2) is 0 Å². The van der Waals surface area contributed by atoms with E-state index in [-0.39, 0.29) is 24.5 Å². The maximum atomic E-state index is 13.0. The van der Waals surface area contributed by atoms with Crippen molar-refractivity contribution in [3.63, 3.8) is 0 Å². The number of nitrogens with zero attached hydrogens (tertiary/aromatic N) is 1. The number of aryl methyl sites for hydroxylation is 2. The molecule has 1 N–H and O–H groups in total. The van der Waals surface area contributed by atoms with Crippen molar-refractivity contribution >= 4 is 51.9 Å². The van der Waals surface area contributed by atoms with Crippen LogP contribution in [0.3, 0.4) is 0 Å². The molecule has 5 nitrogen and oxygen atoms in total. The fourth-order valence-electron chi connectivity index (χ4n) is 3.99. The predicted octanol–water partition coefficient (Wildman–Crippen LogP) is 5.46. The molecule has 1 aliphatic heterocycles. The number of para-hydroxylation sites is 1. The Morgan fingerprint density at radius 1 is 1.19 bits per heavy atom. The number of nitrogens with one attached hydrogen (secondary N) is 1. The maximum Gasteiger partial charge on any atom is 0.266 e. The Balaban J connectivity index is 1.43. The lowest BCUT2D eigenvalue weighted by Crippen LogP contribution is -2.36. The van der Waals surface area contributed by atoms with Crippen molar-refractivity contribution in [1.82, 2.24) is 4.90 Å². The zero-order valence-corrected chi connectivity index (χ0v) is 19.9. The Kier molecular flexibility index (Phi) is 6.96. The molecule has 0 aromatic heterocycles.